The highest BCUT2D eigenvalue weighted by molar-refractivity contribution is 5.94. The van der Waals surface area contributed by atoms with Gasteiger partial charge in [0.2, 0.25) is 0 Å². The van der Waals surface area contributed by atoms with Crippen LogP contribution in [0.2, 0.25) is 0 Å². The molecule has 0 spiro atoms. The third-order valence-corrected chi connectivity index (χ3v) is 4.03. The van der Waals surface area contributed by atoms with Crippen LogP contribution >= 0.6 is 0 Å². The molecule has 0 atom stereocenters. The fourth-order valence-corrected chi connectivity index (χ4v) is 2.91. The first-order chi connectivity index (χ1) is 9.92. The second kappa shape index (κ2) is 4.64. The molecule has 0 heterocycles. The van der Waals surface area contributed by atoms with Gasteiger partial charge in [-0.05, 0) is 45.9 Å². The summed E-state index contributed by atoms with van der Waals surface area (Å²) in [7, 11) is 0. The van der Waals surface area contributed by atoms with Crippen molar-refractivity contribution in [2.24, 2.45) is 0 Å². The molecule has 0 unspecified atom stereocenters. The smallest absolute Gasteiger partial charge is 0.00201 e. The van der Waals surface area contributed by atoms with Gasteiger partial charge in [-0.25, -0.2) is 0 Å². The summed E-state index contributed by atoms with van der Waals surface area (Å²) in [5.74, 6) is 0. The largest absolute Gasteiger partial charge is 0.0795 e. The highest BCUT2D eigenvalue weighted by Gasteiger charge is 2.12. The first-order valence-electron chi connectivity index (χ1n) is 7.16. The Labute approximate surface area is 119 Å². The van der Waals surface area contributed by atoms with E-state index < -0.39 is 0 Å². The van der Waals surface area contributed by atoms with Crippen molar-refractivity contribution in [1.29, 1.82) is 0 Å². The van der Waals surface area contributed by atoms with E-state index >= 15 is 0 Å². The molecule has 0 saturated carbocycles. The Hall–Kier alpha value is -2.34. The zero-order valence-electron chi connectivity index (χ0n) is 11.3. The predicted molar refractivity (Wildman–Crippen MR) is 85.9 cm³/mol. The molecule has 0 saturated heterocycles. The van der Waals surface area contributed by atoms with E-state index in [9.17, 15) is 0 Å². The van der Waals surface area contributed by atoms with E-state index in [4.69, 9.17) is 0 Å². The molecule has 0 aromatic heterocycles. The molecule has 5 rings (SSSR count). The highest BCUT2D eigenvalue weighted by atomic mass is 14.2. The van der Waals surface area contributed by atoms with E-state index in [1.807, 2.05) is 0 Å². The van der Waals surface area contributed by atoms with Crippen LogP contribution in [0.3, 0.4) is 0 Å². The second-order valence-electron chi connectivity index (χ2n) is 5.41. The average molecular weight is 256 g/mol. The van der Waals surface area contributed by atoms with E-state index in [0.717, 1.165) is 6.42 Å². The van der Waals surface area contributed by atoms with E-state index in [1.54, 1.807) is 0 Å². The average Bonchev–Trinajstić information content (AvgIpc) is 3.28. The van der Waals surface area contributed by atoms with Crippen molar-refractivity contribution >= 4 is 16.8 Å². The van der Waals surface area contributed by atoms with Gasteiger partial charge in [-0.1, -0.05) is 72.8 Å². The molecule has 20 heavy (non-hydrogen) atoms. The van der Waals surface area contributed by atoms with Gasteiger partial charge in [0.25, 0.3) is 0 Å². The van der Waals surface area contributed by atoms with E-state index in [0.29, 0.717) is 0 Å². The normalized spacial score (nSPS) is 13.4. The fraction of sp³-hybridized carbons (Fsp3) is 0.100. The molecule has 0 nitrogen and oxygen atoms in total. The lowest BCUT2D eigenvalue weighted by molar-refractivity contribution is 1.29. The highest BCUT2D eigenvalue weighted by Crippen LogP contribution is 2.28. The Balaban J connectivity index is 0.000000127. The maximum atomic E-state index is 2.23. The molecule has 2 aliphatic rings. The first-order valence-corrected chi connectivity index (χ1v) is 7.16. The lowest BCUT2D eigenvalue weighted by atomic mass is 9.93. The number of rotatable bonds is 0. The summed E-state index contributed by atoms with van der Waals surface area (Å²) >= 11 is 0. The Kier molecular flexibility index (Phi) is 2.67. The lowest BCUT2D eigenvalue weighted by Gasteiger charge is -2.11. The number of benzene rings is 3. The molecule has 3 aromatic carbocycles. The number of hydrogen-bond donors (Lipinski definition) is 0. The molecular weight excluding hydrogens is 240 g/mol. The summed E-state index contributed by atoms with van der Waals surface area (Å²) in [6.07, 6.45) is 6.77. The standard InChI is InChI=1S/C13H10.C7H6/c1-4-10-6-2-8-12-9-3-7-11(5-1)13(10)12;1-2-4-7-5-6(7)3-1/h1-8H,9H2;1-4H,5H2. The predicted octanol–water partition coefficient (Wildman–Crippen LogP) is 5.00. The topological polar surface area (TPSA) is 0 Å². The van der Waals surface area contributed by atoms with Crippen LogP contribution < -0.4 is 0 Å². The van der Waals surface area contributed by atoms with E-state index in [2.05, 4.69) is 72.8 Å². The Morgan fingerprint density at radius 2 is 1.35 bits per heavy atom. The van der Waals surface area contributed by atoms with Crippen molar-refractivity contribution in [2.45, 2.75) is 12.8 Å². The maximum Gasteiger partial charge on any atom is -0.00201 e. The molecule has 2 aliphatic carbocycles. The van der Waals surface area contributed by atoms with E-state index in [-0.39, 0.29) is 0 Å². The SMILES string of the molecule is C1=Cc2cccc3cccc(c23)C1.c1ccc2c(c1)C2. The van der Waals surface area contributed by atoms with E-state index in [1.165, 1.54) is 39.4 Å². The van der Waals surface area contributed by atoms with Crippen LogP contribution in [0.25, 0.3) is 16.8 Å². The Bertz CT molecular complexity index is 783. The van der Waals surface area contributed by atoms with Gasteiger partial charge in [0, 0.05) is 0 Å². The third-order valence-electron chi connectivity index (χ3n) is 4.03. The van der Waals surface area contributed by atoms with Gasteiger partial charge in [0.1, 0.15) is 0 Å². The lowest BCUT2D eigenvalue weighted by Crippen LogP contribution is -1.91. The third kappa shape index (κ3) is 2.04. The molecule has 0 amide bonds. The second-order valence-corrected chi connectivity index (χ2v) is 5.41. The zero-order valence-corrected chi connectivity index (χ0v) is 11.3. The number of hydrogen-bond acceptors (Lipinski definition) is 0. The van der Waals surface area contributed by atoms with Crippen molar-refractivity contribution < 1.29 is 0 Å². The molecule has 96 valence electrons. The summed E-state index contributed by atoms with van der Waals surface area (Å²) in [5.41, 5.74) is 5.87. The fourth-order valence-electron chi connectivity index (χ4n) is 2.91. The van der Waals surface area contributed by atoms with Gasteiger partial charge in [-0.2, -0.15) is 0 Å². The van der Waals surface area contributed by atoms with Gasteiger partial charge >= 0.3 is 0 Å². The molecule has 0 bridgehead atoms. The van der Waals surface area contributed by atoms with Crippen molar-refractivity contribution in [3.05, 3.63) is 89.0 Å². The Morgan fingerprint density at radius 3 is 2.10 bits per heavy atom. The van der Waals surface area contributed by atoms with Crippen LogP contribution in [0.15, 0.2) is 66.7 Å². The molecule has 0 heteroatoms. The monoisotopic (exact) mass is 256 g/mol. The van der Waals surface area contributed by atoms with Crippen molar-refractivity contribution in [1.82, 2.24) is 0 Å². The van der Waals surface area contributed by atoms with Crippen molar-refractivity contribution in [3.63, 3.8) is 0 Å². The Morgan fingerprint density at radius 1 is 0.650 bits per heavy atom. The van der Waals surface area contributed by atoms with Gasteiger partial charge in [0.15, 0.2) is 0 Å². The van der Waals surface area contributed by atoms with Crippen molar-refractivity contribution in [2.75, 3.05) is 0 Å². The quantitative estimate of drug-likeness (QED) is 0.415. The van der Waals surface area contributed by atoms with Crippen molar-refractivity contribution in [3.8, 4) is 0 Å². The number of allylic oxidation sites excluding steroid dienone is 1. The minimum absolute atomic E-state index is 1.08. The number of fused-ring (bicyclic) bond motifs is 1. The molecule has 0 aliphatic heterocycles. The van der Waals surface area contributed by atoms with Crippen LogP contribution in [-0.2, 0) is 12.8 Å². The first kappa shape index (κ1) is 11.5. The zero-order chi connectivity index (χ0) is 13.4. The van der Waals surface area contributed by atoms with Gasteiger partial charge in [-0.15, -0.1) is 0 Å². The maximum absolute atomic E-state index is 2.23. The minimum atomic E-state index is 1.08. The van der Waals surface area contributed by atoms with Gasteiger partial charge < -0.3 is 0 Å². The van der Waals surface area contributed by atoms with Crippen LogP contribution in [0, 0.1) is 0 Å². The molecule has 3 aromatic rings. The molecule has 0 N–H and O–H groups in total. The summed E-state index contributed by atoms with van der Waals surface area (Å²) < 4.78 is 0. The summed E-state index contributed by atoms with van der Waals surface area (Å²) in [6.45, 7) is 0. The molecule has 0 fully saturated rings. The minimum Gasteiger partial charge on any atom is -0.0795 e. The van der Waals surface area contributed by atoms with Crippen LogP contribution in [0.1, 0.15) is 22.3 Å². The van der Waals surface area contributed by atoms with Gasteiger partial charge in [0.05, 0.1) is 0 Å². The summed E-state index contributed by atoms with van der Waals surface area (Å²) in [6, 6.07) is 21.6. The van der Waals surface area contributed by atoms with Crippen LogP contribution in [-0.4, -0.2) is 0 Å². The molecular formula is C20H16. The van der Waals surface area contributed by atoms with Gasteiger partial charge in [-0.3, -0.25) is 0 Å². The summed E-state index contributed by atoms with van der Waals surface area (Å²) in [4.78, 5) is 0. The summed E-state index contributed by atoms with van der Waals surface area (Å²) in [5, 5.41) is 2.80. The molecule has 0 radical (unpaired) electrons. The van der Waals surface area contributed by atoms with Crippen LogP contribution in [0.4, 0.5) is 0 Å². The van der Waals surface area contributed by atoms with Crippen LogP contribution in [0.5, 0.6) is 0 Å².